The predicted octanol–water partition coefficient (Wildman–Crippen LogP) is 2.26. The molecule has 21 heavy (non-hydrogen) atoms. The molecular formula is C16H21N3O2. The molecule has 0 aliphatic carbocycles. The van der Waals surface area contributed by atoms with Crippen LogP contribution in [-0.2, 0) is 4.79 Å². The van der Waals surface area contributed by atoms with E-state index >= 15 is 0 Å². The summed E-state index contributed by atoms with van der Waals surface area (Å²) in [5.74, 6) is 0.737. The minimum atomic E-state index is -0.233. The molecule has 0 radical (unpaired) electrons. The molecule has 2 rings (SSSR count). The van der Waals surface area contributed by atoms with E-state index in [0.717, 1.165) is 37.4 Å². The van der Waals surface area contributed by atoms with E-state index in [1.807, 2.05) is 31.2 Å². The Morgan fingerprint density at radius 1 is 1.38 bits per heavy atom. The number of ether oxygens (including phenoxy) is 1. The van der Waals surface area contributed by atoms with Crippen molar-refractivity contribution in [3.63, 3.8) is 0 Å². The summed E-state index contributed by atoms with van der Waals surface area (Å²) < 4.78 is 5.08. The third kappa shape index (κ3) is 4.20. The van der Waals surface area contributed by atoms with Crippen molar-refractivity contribution >= 4 is 11.6 Å². The van der Waals surface area contributed by atoms with Crippen LogP contribution in [0.25, 0.3) is 0 Å². The molecule has 1 fully saturated rings. The van der Waals surface area contributed by atoms with Crippen LogP contribution >= 0.6 is 0 Å². The second-order valence-electron chi connectivity index (χ2n) is 5.73. The summed E-state index contributed by atoms with van der Waals surface area (Å²) in [6.45, 7) is 3.94. The molecule has 1 aliphatic rings. The summed E-state index contributed by atoms with van der Waals surface area (Å²) >= 11 is 0. The number of carbonyl (C=O) groups excluding carboxylic acids is 1. The Kier molecular flexibility index (Phi) is 4.81. The van der Waals surface area contributed by atoms with Crippen molar-refractivity contribution in [2.45, 2.75) is 19.8 Å². The van der Waals surface area contributed by atoms with Gasteiger partial charge in [-0.05, 0) is 44.0 Å². The molecule has 1 N–H and O–H groups in total. The Labute approximate surface area is 125 Å². The molecule has 1 amide bonds. The van der Waals surface area contributed by atoms with Crippen molar-refractivity contribution in [1.82, 2.24) is 4.90 Å². The van der Waals surface area contributed by atoms with Gasteiger partial charge in [0, 0.05) is 18.8 Å². The van der Waals surface area contributed by atoms with E-state index in [1.54, 1.807) is 7.11 Å². The number of nitrogens with zero attached hydrogens (tertiary/aromatic N) is 2. The van der Waals surface area contributed by atoms with Crippen LogP contribution in [0.3, 0.4) is 0 Å². The molecule has 5 nitrogen and oxygen atoms in total. The molecule has 1 saturated heterocycles. The molecule has 0 saturated carbocycles. The Balaban J connectivity index is 1.81. The van der Waals surface area contributed by atoms with E-state index in [0.29, 0.717) is 6.54 Å². The third-order valence-electron chi connectivity index (χ3n) is 3.97. The molecule has 0 bridgehead atoms. The molecule has 112 valence electrons. The first-order chi connectivity index (χ1) is 10.0. The van der Waals surface area contributed by atoms with E-state index in [2.05, 4.69) is 16.3 Å². The maximum absolute atomic E-state index is 12.0. The number of hydrogen-bond donors (Lipinski definition) is 1. The number of hydrogen-bond acceptors (Lipinski definition) is 4. The van der Waals surface area contributed by atoms with Crippen LogP contribution in [0.2, 0.25) is 0 Å². The summed E-state index contributed by atoms with van der Waals surface area (Å²) in [5, 5.41) is 12.0. The fraction of sp³-hybridized carbons (Fsp3) is 0.500. The molecule has 0 unspecified atom stereocenters. The van der Waals surface area contributed by atoms with E-state index in [9.17, 15) is 4.79 Å². The monoisotopic (exact) mass is 287 g/mol. The highest BCUT2D eigenvalue weighted by Crippen LogP contribution is 2.29. The van der Waals surface area contributed by atoms with Crippen LogP contribution in [-0.4, -0.2) is 37.6 Å². The lowest BCUT2D eigenvalue weighted by Crippen LogP contribution is -2.42. The zero-order valence-corrected chi connectivity index (χ0v) is 12.6. The number of rotatable bonds is 4. The smallest absolute Gasteiger partial charge is 0.238 e. The summed E-state index contributed by atoms with van der Waals surface area (Å²) in [4.78, 5) is 14.1. The average Bonchev–Trinajstić information content (AvgIpc) is 2.50. The van der Waals surface area contributed by atoms with Crippen molar-refractivity contribution in [2.75, 3.05) is 32.1 Å². The lowest BCUT2D eigenvalue weighted by molar-refractivity contribution is -0.117. The number of piperidine rings is 1. The van der Waals surface area contributed by atoms with Crippen molar-refractivity contribution in [1.29, 1.82) is 5.26 Å². The Morgan fingerprint density at radius 3 is 2.52 bits per heavy atom. The first-order valence-corrected chi connectivity index (χ1v) is 7.12. The van der Waals surface area contributed by atoms with Crippen LogP contribution in [0, 0.1) is 16.7 Å². The maximum Gasteiger partial charge on any atom is 0.238 e. The Morgan fingerprint density at radius 2 is 2.00 bits per heavy atom. The number of nitriles is 1. The lowest BCUT2D eigenvalue weighted by atomic mass is 9.82. The van der Waals surface area contributed by atoms with Gasteiger partial charge in [-0.3, -0.25) is 9.69 Å². The first kappa shape index (κ1) is 15.3. The van der Waals surface area contributed by atoms with E-state index in [4.69, 9.17) is 10.00 Å². The number of carbonyl (C=O) groups is 1. The van der Waals surface area contributed by atoms with Gasteiger partial charge in [-0.2, -0.15) is 5.26 Å². The van der Waals surface area contributed by atoms with Crippen LogP contribution in [0.5, 0.6) is 5.75 Å². The predicted molar refractivity (Wildman–Crippen MR) is 81.0 cm³/mol. The third-order valence-corrected chi connectivity index (χ3v) is 3.97. The van der Waals surface area contributed by atoms with Gasteiger partial charge in [0.2, 0.25) is 5.91 Å². The molecule has 1 aromatic rings. The summed E-state index contributed by atoms with van der Waals surface area (Å²) in [6, 6.07) is 9.63. The number of anilines is 1. The van der Waals surface area contributed by atoms with Gasteiger partial charge >= 0.3 is 0 Å². The first-order valence-electron chi connectivity index (χ1n) is 7.12. The van der Waals surface area contributed by atoms with Crippen LogP contribution in [0.1, 0.15) is 19.8 Å². The highest BCUT2D eigenvalue weighted by Gasteiger charge is 2.30. The molecule has 5 heteroatoms. The number of amides is 1. The highest BCUT2D eigenvalue weighted by atomic mass is 16.5. The van der Waals surface area contributed by atoms with Gasteiger partial charge in [-0.15, -0.1) is 0 Å². The maximum atomic E-state index is 12.0. The molecule has 1 aliphatic heterocycles. The molecule has 0 spiro atoms. The molecule has 1 aromatic carbocycles. The number of methoxy groups -OCH3 is 1. The topological polar surface area (TPSA) is 65.4 Å². The standard InChI is InChI=1S/C16H21N3O2/c1-16(12-17)7-9-19(10-8-16)11-15(20)18-13-3-5-14(21-2)6-4-13/h3-6H,7-11H2,1-2H3,(H,18,20). The molecular weight excluding hydrogens is 266 g/mol. The van der Waals surface area contributed by atoms with E-state index < -0.39 is 0 Å². The number of likely N-dealkylation sites (tertiary alicyclic amines) is 1. The zero-order chi connectivity index (χ0) is 15.3. The fourth-order valence-electron chi connectivity index (χ4n) is 2.39. The van der Waals surface area contributed by atoms with Gasteiger partial charge in [0.15, 0.2) is 0 Å². The average molecular weight is 287 g/mol. The molecule has 1 heterocycles. The second-order valence-corrected chi connectivity index (χ2v) is 5.73. The number of nitrogens with one attached hydrogen (secondary N) is 1. The molecule has 0 atom stereocenters. The Hall–Kier alpha value is -2.06. The van der Waals surface area contributed by atoms with Gasteiger partial charge in [0.1, 0.15) is 5.75 Å². The van der Waals surface area contributed by atoms with Gasteiger partial charge in [0.25, 0.3) is 0 Å². The number of benzene rings is 1. The minimum Gasteiger partial charge on any atom is -0.497 e. The van der Waals surface area contributed by atoms with Gasteiger partial charge in [-0.25, -0.2) is 0 Å². The highest BCUT2D eigenvalue weighted by molar-refractivity contribution is 5.92. The van der Waals surface area contributed by atoms with Crippen molar-refractivity contribution in [3.05, 3.63) is 24.3 Å². The minimum absolute atomic E-state index is 0.0271. The fourth-order valence-corrected chi connectivity index (χ4v) is 2.39. The summed E-state index contributed by atoms with van der Waals surface area (Å²) in [6.07, 6.45) is 1.64. The summed E-state index contributed by atoms with van der Waals surface area (Å²) in [7, 11) is 1.61. The molecule has 0 aromatic heterocycles. The summed E-state index contributed by atoms with van der Waals surface area (Å²) in [5.41, 5.74) is 0.530. The van der Waals surface area contributed by atoms with Crippen LogP contribution < -0.4 is 10.1 Å². The largest absolute Gasteiger partial charge is 0.497 e. The van der Waals surface area contributed by atoms with Crippen molar-refractivity contribution in [2.24, 2.45) is 5.41 Å². The van der Waals surface area contributed by atoms with Gasteiger partial charge < -0.3 is 10.1 Å². The van der Waals surface area contributed by atoms with Crippen molar-refractivity contribution in [3.8, 4) is 11.8 Å². The van der Waals surface area contributed by atoms with E-state index in [1.165, 1.54) is 0 Å². The normalized spacial score (nSPS) is 17.8. The van der Waals surface area contributed by atoms with Gasteiger partial charge in [-0.1, -0.05) is 0 Å². The zero-order valence-electron chi connectivity index (χ0n) is 12.6. The van der Waals surface area contributed by atoms with E-state index in [-0.39, 0.29) is 11.3 Å². The van der Waals surface area contributed by atoms with Gasteiger partial charge in [0.05, 0.1) is 25.1 Å². The van der Waals surface area contributed by atoms with Crippen molar-refractivity contribution < 1.29 is 9.53 Å². The van der Waals surface area contributed by atoms with Crippen LogP contribution in [0.15, 0.2) is 24.3 Å². The quantitative estimate of drug-likeness (QED) is 0.922. The lowest BCUT2D eigenvalue weighted by Gasteiger charge is -2.34. The SMILES string of the molecule is COc1ccc(NC(=O)CN2CCC(C)(C#N)CC2)cc1. The Bertz CT molecular complexity index is 525. The second kappa shape index (κ2) is 6.59. The van der Waals surface area contributed by atoms with Crippen LogP contribution in [0.4, 0.5) is 5.69 Å².